The first-order valence-electron chi connectivity index (χ1n) is 11.3. The number of rotatable bonds is 9. The molecule has 0 saturated heterocycles. The minimum Gasteiger partial charge on any atom is -0.497 e. The Labute approximate surface area is 212 Å². The number of hydrogen-bond donors (Lipinski definition) is 2. The van der Waals surface area contributed by atoms with Gasteiger partial charge in [0.15, 0.2) is 0 Å². The summed E-state index contributed by atoms with van der Waals surface area (Å²) in [4.78, 5) is 26.8. The second-order valence-electron chi connectivity index (χ2n) is 8.28. The SMILES string of the molecule is COC(=O)C(Cc1cc(OC)cc(OC)c1)c1ccc(-c2ccc(Cc3sc(=O)[nH]c3O)cc2)cc1. The molecule has 3 aromatic carbocycles. The fourth-order valence-corrected chi connectivity index (χ4v) is 4.84. The maximum Gasteiger partial charge on any atom is 0.313 e. The molecule has 0 saturated carbocycles. The summed E-state index contributed by atoms with van der Waals surface area (Å²) < 4.78 is 15.8. The van der Waals surface area contributed by atoms with Crippen LogP contribution in [-0.4, -0.2) is 37.4 Å². The smallest absolute Gasteiger partial charge is 0.313 e. The molecule has 0 amide bonds. The van der Waals surface area contributed by atoms with Crippen LogP contribution in [-0.2, 0) is 22.4 Å². The van der Waals surface area contributed by atoms with E-state index >= 15 is 0 Å². The molecule has 1 atom stereocenters. The van der Waals surface area contributed by atoms with E-state index < -0.39 is 5.92 Å². The van der Waals surface area contributed by atoms with Crippen LogP contribution in [0.5, 0.6) is 17.4 Å². The molecule has 186 valence electrons. The van der Waals surface area contributed by atoms with Gasteiger partial charge in [-0.15, -0.1) is 0 Å². The number of benzene rings is 3. The zero-order chi connectivity index (χ0) is 25.7. The zero-order valence-electron chi connectivity index (χ0n) is 20.2. The normalized spacial score (nSPS) is 11.6. The van der Waals surface area contributed by atoms with Crippen LogP contribution >= 0.6 is 11.3 Å². The molecule has 36 heavy (non-hydrogen) atoms. The van der Waals surface area contributed by atoms with Crippen LogP contribution < -0.4 is 14.3 Å². The van der Waals surface area contributed by atoms with Gasteiger partial charge in [0, 0.05) is 12.5 Å². The highest BCUT2D eigenvalue weighted by Crippen LogP contribution is 2.30. The monoisotopic (exact) mass is 505 g/mol. The van der Waals surface area contributed by atoms with Gasteiger partial charge in [-0.25, -0.2) is 0 Å². The maximum absolute atomic E-state index is 12.7. The van der Waals surface area contributed by atoms with Crippen LogP contribution in [0.1, 0.15) is 27.5 Å². The Kier molecular flexibility index (Phi) is 7.75. The van der Waals surface area contributed by atoms with Crippen LogP contribution in [0, 0.1) is 0 Å². The van der Waals surface area contributed by atoms with E-state index in [4.69, 9.17) is 14.2 Å². The molecule has 1 unspecified atom stereocenters. The number of thiazole rings is 1. The Balaban J connectivity index is 1.53. The van der Waals surface area contributed by atoms with E-state index in [1.165, 1.54) is 7.11 Å². The van der Waals surface area contributed by atoms with E-state index in [0.717, 1.165) is 39.2 Å². The van der Waals surface area contributed by atoms with Gasteiger partial charge in [-0.2, -0.15) is 0 Å². The number of carbonyl (C=O) groups is 1. The Hall–Kier alpha value is -4.04. The van der Waals surface area contributed by atoms with Crippen molar-refractivity contribution < 1.29 is 24.1 Å². The van der Waals surface area contributed by atoms with E-state index in [2.05, 4.69) is 4.98 Å². The molecule has 0 fully saturated rings. The molecule has 0 aliphatic carbocycles. The van der Waals surface area contributed by atoms with Crippen molar-refractivity contribution in [3.8, 4) is 28.5 Å². The first-order valence-corrected chi connectivity index (χ1v) is 12.1. The van der Waals surface area contributed by atoms with Gasteiger partial charge in [0.05, 0.1) is 32.1 Å². The number of carbonyl (C=O) groups excluding carboxylic acids is 1. The highest BCUT2D eigenvalue weighted by molar-refractivity contribution is 7.09. The summed E-state index contributed by atoms with van der Waals surface area (Å²) in [6, 6.07) is 21.4. The van der Waals surface area contributed by atoms with Crippen LogP contribution in [0.4, 0.5) is 0 Å². The van der Waals surface area contributed by atoms with Crippen LogP contribution in [0.2, 0.25) is 0 Å². The summed E-state index contributed by atoms with van der Waals surface area (Å²) in [7, 11) is 4.58. The lowest BCUT2D eigenvalue weighted by atomic mass is 9.90. The number of ether oxygens (including phenoxy) is 3. The number of nitrogens with one attached hydrogen (secondary N) is 1. The first-order chi connectivity index (χ1) is 17.4. The van der Waals surface area contributed by atoms with Gasteiger partial charge in [-0.1, -0.05) is 59.9 Å². The Morgan fingerprint density at radius 1 is 0.889 bits per heavy atom. The second-order valence-corrected chi connectivity index (χ2v) is 9.35. The number of methoxy groups -OCH3 is 3. The van der Waals surface area contributed by atoms with Crippen LogP contribution in [0.25, 0.3) is 11.1 Å². The van der Waals surface area contributed by atoms with Crippen molar-refractivity contribution in [2.75, 3.05) is 21.3 Å². The topological polar surface area (TPSA) is 97.9 Å². The van der Waals surface area contributed by atoms with Gasteiger partial charge >= 0.3 is 10.8 Å². The van der Waals surface area contributed by atoms with Crippen molar-refractivity contribution in [1.82, 2.24) is 4.98 Å². The number of aromatic hydroxyl groups is 1. The average molecular weight is 506 g/mol. The molecule has 4 rings (SSSR count). The molecule has 0 aliphatic rings. The fraction of sp³-hybridized carbons (Fsp3) is 0.214. The lowest BCUT2D eigenvalue weighted by Gasteiger charge is -2.17. The van der Waals surface area contributed by atoms with Crippen molar-refractivity contribution in [3.63, 3.8) is 0 Å². The van der Waals surface area contributed by atoms with Crippen molar-refractivity contribution in [2.24, 2.45) is 0 Å². The molecule has 8 heteroatoms. The quantitative estimate of drug-likeness (QED) is 0.314. The number of hydrogen-bond acceptors (Lipinski definition) is 7. The summed E-state index contributed by atoms with van der Waals surface area (Å²) in [6.45, 7) is 0. The largest absolute Gasteiger partial charge is 0.497 e. The van der Waals surface area contributed by atoms with E-state index in [9.17, 15) is 14.7 Å². The first kappa shape index (κ1) is 25.1. The predicted molar refractivity (Wildman–Crippen MR) is 139 cm³/mol. The Morgan fingerprint density at radius 3 is 1.97 bits per heavy atom. The molecule has 2 N–H and O–H groups in total. The second kappa shape index (κ2) is 11.1. The molecule has 1 aromatic heterocycles. The number of esters is 1. The summed E-state index contributed by atoms with van der Waals surface area (Å²) in [5.74, 6) is 0.450. The Bertz CT molecular complexity index is 1370. The lowest BCUT2D eigenvalue weighted by molar-refractivity contribution is -0.142. The highest BCUT2D eigenvalue weighted by Gasteiger charge is 2.23. The van der Waals surface area contributed by atoms with Gasteiger partial charge in [0.1, 0.15) is 11.5 Å². The molecule has 4 aromatic rings. The maximum atomic E-state index is 12.7. The molecule has 7 nitrogen and oxygen atoms in total. The van der Waals surface area contributed by atoms with Crippen molar-refractivity contribution >= 4 is 17.3 Å². The molecule has 1 heterocycles. The van der Waals surface area contributed by atoms with Gasteiger partial charge in [-0.05, 0) is 46.4 Å². The van der Waals surface area contributed by atoms with E-state index in [1.807, 2.05) is 60.7 Å². The zero-order valence-corrected chi connectivity index (χ0v) is 21.1. The molecule has 0 radical (unpaired) electrons. The summed E-state index contributed by atoms with van der Waals surface area (Å²) >= 11 is 1.01. The number of H-pyrrole nitrogens is 1. The highest BCUT2D eigenvalue weighted by atomic mass is 32.1. The standard InChI is InChI=1S/C28H27NO6S/c1-33-22-12-18(13-23(16-22)34-2)14-24(27(31)35-3)21-10-8-20(9-11-21)19-6-4-17(5-7-19)15-25-26(30)29-28(32)36-25/h4-13,16,24,30H,14-15H2,1-3H3,(H,29,32). The van der Waals surface area contributed by atoms with E-state index in [-0.39, 0.29) is 16.7 Å². The van der Waals surface area contributed by atoms with Gasteiger partial charge in [0.2, 0.25) is 5.88 Å². The van der Waals surface area contributed by atoms with E-state index in [1.54, 1.807) is 20.3 Å². The molecular formula is C28H27NO6S. The predicted octanol–water partition coefficient (Wildman–Crippen LogP) is 4.92. The number of aromatic amines is 1. The summed E-state index contributed by atoms with van der Waals surface area (Å²) in [5, 5.41) is 9.81. The molecule has 0 spiro atoms. The lowest BCUT2D eigenvalue weighted by Crippen LogP contribution is -2.17. The van der Waals surface area contributed by atoms with Crippen LogP contribution in [0.3, 0.4) is 0 Å². The van der Waals surface area contributed by atoms with Gasteiger partial charge in [-0.3, -0.25) is 14.6 Å². The van der Waals surface area contributed by atoms with E-state index in [0.29, 0.717) is 29.2 Å². The van der Waals surface area contributed by atoms with Gasteiger partial charge in [0.25, 0.3) is 0 Å². The summed E-state index contributed by atoms with van der Waals surface area (Å²) in [5.41, 5.74) is 4.76. The minimum atomic E-state index is -0.482. The van der Waals surface area contributed by atoms with Crippen molar-refractivity contribution in [1.29, 1.82) is 0 Å². The number of aromatic nitrogens is 1. The third-order valence-electron chi connectivity index (χ3n) is 6.00. The van der Waals surface area contributed by atoms with Crippen molar-refractivity contribution in [3.05, 3.63) is 98.0 Å². The average Bonchev–Trinajstić information content (AvgIpc) is 3.23. The van der Waals surface area contributed by atoms with Crippen LogP contribution in [0.15, 0.2) is 71.5 Å². The molecule has 0 aliphatic heterocycles. The molecular weight excluding hydrogens is 478 g/mol. The fourth-order valence-electron chi connectivity index (χ4n) is 4.08. The summed E-state index contributed by atoms with van der Waals surface area (Å²) in [6.07, 6.45) is 0.913. The van der Waals surface area contributed by atoms with Crippen molar-refractivity contribution in [2.45, 2.75) is 18.8 Å². The molecule has 0 bridgehead atoms. The third-order valence-corrected chi connectivity index (χ3v) is 6.87. The third kappa shape index (κ3) is 5.78. The van der Waals surface area contributed by atoms with Gasteiger partial charge < -0.3 is 19.3 Å². The Morgan fingerprint density at radius 2 is 1.47 bits per heavy atom. The minimum absolute atomic E-state index is 0.0720.